The van der Waals surface area contributed by atoms with E-state index >= 15 is 0 Å². The standard InChI is InChI=1S/C25H24ClN5O3/c1-16(32)27-12-13-31-24-21(29-23(25(31)33)18-6-8-20(34-2)9-7-18)10-11-22(30-24)28-15-17-4-3-5-19(26)14-17/h3-11,14H,12-13,15H2,1-2H3,(H,27,32)(H,28,30). The van der Waals surface area contributed by atoms with Crippen LogP contribution in [0.15, 0.2) is 65.5 Å². The molecule has 0 spiro atoms. The first kappa shape index (κ1) is 23.3. The number of anilines is 1. The third kappa shape index (κ3) is 5.35. The molecule has 4 rings (SSSR count). The Balaban J connectivity index is 1.72. The van der Waals surface area contributed by atoms with Gasteiger partial charge < -0.3 is 15.4 Å². The molecule has 0 atom stereocenters. The number of nitrogens with zero attached hydrogens (tertiary/aromatic N) is 3. The molecule has 8 nitrogen and oxygen atoms in total. The number of carbonyl (C=O) groups excluding carboxylic acids is 1. The molecule has 34 heavy (non-hydrogen) atoms. The molecule has 9 heteroatoms. The minimum atomic E-state index is -0.289. The maximum absolute atomic E-state index is 13.4. The number of halogens is 1. The molecule has 2 aromatic carbocycles. The summed E-state index contributed by atoms with van der Waals surface area (Å²) in [6.45, 7) is 2.50. The molecule has 0 saturated heterocycles. The van der Waals surface area contributed by atoms with Crippen LogP contribution in [-0.4, -0.2) is 34.1 Å². The van der Waals surface area contributed by atoms with Crippen molar-refractivity contribution in [1.29, 1.82) is 0 Å². The number of aromatic nitrogens is 3. The SMILES string of the molecule is COc1ccc(-c2nc3ccc(NCc4cccc(Cl)c4)nc3n(CCNC(C)=O)c2=O)cc1. The van der Waals surface area contributed by atoms with Gasteiger partial charge in [0, 0.05) is 37.1 Å². The first-order valence-corrected chi connectivity index (χ1v) is 11.1. The van der Waals surface area contributed by atoms with Gasteiger partial charge in [0.25, 0.3) is 5.56 Å². The molecule has 0 aliphatic carbocycles. The number of carbonyl (C=O) groups is 1. The lowest BCUT2D eigenvalue weighted by molar-refractivity contribution is -0.118. The zero-order chi connectivity index (χ0) is 24.1. The van der Waals surface area contributed by atoms with Crippen molar-refractivity contribution in [3.05, 3.63) is 81.6 Å². The van der Waals surface area contributed by atoms with E-state index in [1.165, 1.54) is 6.92 Å². The van der Waals surface area contributed by atoms with Crippen LogP contribution in [-0.2, 0) is 17.9 Å². The number of pyridine rings is 1. The molecule has 2 N–H and O–H groups in total. The van der Waals surface area contributed by atoms with Gasteiger partial charge in [-0.2, -0.15) is 0 Å². The lowest BCUT2D eigenvalue weighted by atomic mass is 10.1. The van der Waals surface area contributed by atoms with Gasteiger partial charge in [-0.05, 0) is 54.1 Å². The van der Waals surface area contributed by atoms with Crippen molar-refractivity contribution in [2.75, 3.05) is 19.0 Å². The second kappa shape index (κ2) is 10.4. The van der Waals surface area contributed by atoms with E-state index < -0.39 is 0 Å². The summed E-state index contributed by atoms with van der Waals surface area (Å²) in [7, 11) is 1.59. The second-order valence-electron chi connectivity index (χ2n) is 7.65. The van der Waals surface area contributed by atoms with Crippen LogP contribution in [0.2, 0.25) is 5.02 Å². The molecule has 0 aliphatic rings. The first-order valence-electron chi connectivity index (χ1n) is 10.7. The molecule has 174 valence electrons. The summed E-state index contributed by atoms with van der Waals surface area (Å²) in [5, 5.41) is 6.66. The van der Waals surface area contributed by atoms with Crippen molar-refractivity contribution in [3.8, 4) is 17.0 Å². The van der Waals surface area contributed by atoms with Crippen LogP contribution in [0, 0.1) is 0 Å². The first-order chi connectivity index (χ1) is 16.4. The Morgan fingerprint density at radius 1 is 1.09 bits per heavy atom. The fourth-order valence-electron chi connectivity index (χ4n) is 3.55. The van der Waals surface area contributed by atoms with Gasteiger partial charge in [-0.1, -0.05) is 23.7 Å². The summed E-state index contributed by atoms with van der Waals surface area (Å²) < 4.78 is 6.76. The van der Waals surface area contributed by atoms with Gasteiger partial charge in [0.05, 0.1) is 7.11 Å². The number of fused-ring (bicyclic) bond motifs is 1. The number of nitrogens with one attached hydrogen (secondary N) is 2. The molecular formula is C25H24ClN5O3. The van der Waals surface area contributed by atoms with E-state index in [2.05, 4.69) is 20.6 Å². The topological polar surface area (TPSA) is 98.1 Å². The van der Waals surface area contributed by atoms with Crippen LogP contribution in [0.3, 0.4) is 0 Å². The Morgan fingerprint density at radius 3 is 2.59 bits per heavy atom. The van der Waals surface area contributed by atoms with Crippen molar-refractivity contribution in [1.82, 2.24) is 19.9 Å². The number of amides is 1. The third-order valence-corrected chi connectivity index (χ3v) is 5.46. The number of hydrogen-bond donors (Lipinski definition) is 2. The van der Waals surface area contributed by atoms with Crippen LogP contribution < -0.4 is 20.9 Å². The molecule has 0 aliphatic heterocycles. The van der Waals surface area contributed by atoms with E-state index in [9.17, 15) is 9.59 Å². The van der Waals surface area contributed by atoms with E-state index in [1.54, 1.807) is 35.9 Å². The average Bonchev–Trinajstić information content (AvgIpc) is 2.84. The van der Waals surface area contributed by atoms with E-state index in [4.69, 9.17) is 16.3 Å². The van der Waals surface area contributed by atoms with Crippen molar-refractivity contribution >= 4 is 34.5 Å². The fraction of sp³-hybridized carbons (Fsp3) is 0.200. The second-order valence-corrected chi connectivity index (χ2v) is 8.09. The maximum Gasteiger partial charge on any atom is 0.278 e. The van der Waals surface area contributed by atoms with Crippen LogP contribution >= 0.6 is 11.6 Å². The predicted octanol–water partition coefficient (Wildman–Crippen LogP) is 3.87. The van der Waals surface area contributed by atoms with Crippen molar-refractivity contribution in [2.24, 2.45) is 0 Å². The summed E-state index contributed by atoms with van der Waals surface area (Å²) in [5.41, 5.74) is 2.70. The third-order valence-electron chi connectivity index (χ3n) is 5.23. The fourth-order valence-corrected chi connectivity index (χ4v) is 3.76. The van der Waals surface area contributed by atoms with Crippen molar-refractivity contribution < 1.29 is 9.53 Å². The summed E-state index contributed by atoms with van der Waals surface area (Å²) in [6.07, 6.45) is 0. The minimum absolute atomic E-state index is 0.168. The minimum Gasteiger partial charge on any atom is -0.497 e. The summed E-state index contributed by atoms with van der Waals surface area (Å²) >= 11 is 6.07. The Kier molecular flexibility index (Phi) is 7.08. The molecular weight excluding hydrogens is 454 g/mol. The van der Waals surface area contributed by atoms with Gasteiger partial charge in [0.2, 0.25) is 5.91 Å². The normalized spacial score (nSPS) is 10.8. The van der Waals surface area contributed by atoms with Gasteiger partial charge in [-0.15, -0.1) is 0 Å². The molecule has 1 amide bonds. The number of benzene rings is 2. The smallest absolute Gasteiger partial charge is 0.278 e. The summed E-state index contributed by atoms with van der Waals surface area (Å²) in [5.74, 6) is 1.12. The molecule has 0 fully saturated rings. The van der Waals surface area contributed by atoms with Gasteiger partial charge in [-0.25, -0.2) is 9.97 Å². The molecule has 2 heterocycles. The van der Waals surface area contributed by atoms with E-state index in [0.29, 0.717) is 45.6 Å². The largest absolute Gasteiger partial charge is 0.497 e. The quantitative estimate of drug-likeness (QED) is 0.400. The molecule has 4 aromatic rings. The Labute approximate surface area is 201 Å². The lowest BCUT2D eigenvalue weighted by Gasteiger charge is -2.14. The Bertz CT molecular complexity index is 1390. The lowest BCUT2D eigenvalue weighted by Crippen LogP contribution is -2.31. The summed E-state index contributed by atoms with van der Waals surface area (Å²) in [4.78, 5) is 34.1. The summed E-state index contributed by atoms with van der Waals surface area (Å²) in [6, 6.07) is 18.3. The van der Waals surface area contributed by atoms with Crippen LogP contribution in [0.1, 0.15) is 12.5 Å². The van der Waals surface area contributed by atoms with Gasteiger partial charge in [-0.3, -0.25) is 14.2 Å². The number of methoxy groups -OCH3 is 1. The monoisotopic (exact) mass is 477 g/mol. The highest BCUT2D eigenvalue weighted by Crippen LogP contribution is 2.21. The van der Waals surface area contributed by atoms with E-state index in [1.807, 2.05) is 36.4 Å². The molecule has 0 bridgehead atoms. The molecule has 0 radical (unpaired) electrons. The zero-order valence-corrected chi connectivity index (χ0v) is 19.6. The highest BCUT2D eigenvalue weighted by atomic mass is 35.5. The van der Waals surface area contributed by atoms with Gasteiger partial charge >= 0.3 is 0 Å². The number of hydrogen-bond acceptors (Lipinski definition) is 6. The predicted molar refractivity (Wildman–Crippen MR) is 133 cm³/mol. The number of rotatable bonds is 8. The highest BCUT2D eigenvalue weighted by Gasteiger charge is 2.15. The van der Waals surface area contributed by atoms with Crippen LogP contribution in [0.4, 0.5) is 5.82 Å². The van der Waals surface area contributed by atoms with Crippen molar-refractivity contribution in [2.45, 2.75) is 20.0 Å². The van der Waals surface area contributed by atoms with Crippen LogP contribution in [0.5, 0.6) is 5.75 Å². The molecule has 0 saturated carbocycles. The van der Waals surface area contributed by atoms with E-state index in [-0.39, 0.29) is 24.6 Å². The highest BCUT2D eigenvalue weighted by molar-refractivity contribution is 6.30. The van der Waals surface area contributed by atoms with Crippen LogP contribution in [0.25, 0.3) is 22.4 Å². The van der Waals surface area contributed by atoms with E-state index in [0.717, 1.165) is 5.56 Å². The molecule has 0 unspecified atom stereocenters. The number of ether oxygens (including phenoxy) is 1. The van der Waals surface area contributed by atoms with Gasteiger partial charge in [0.1, 0.15) is 22.8 Å². The zero-order valence-electron chi connectivity index (χ0n) is 18.8. The molecule has 2 aromatic heterocycles. The maximum atomic E-state index is 13.4. The average molecular weight is 478 g/mol. The van der Waals surface area contributed by atoms with Gasteiger partial charge in [0.15, 0.2) is 5.65 Å². The Hall–Kier alpha value is -3.91. The van der Waals surface area contributed by atoms with Crippen molar-refractivity contribution in [3.63, 3.8) is 0 Å². The Morgan fingerprint density at radius 2 is 1.88 bits per heavy atom.